The molecule has 0 radical (unpaired) electrons. The highest BCUT2D eigenvalue weighted by atomic mass is 35.5. The summed E-state index contributed by atoms with van der Waals surface area (Å²) in [6, 6.07) is 4.30. The lowest BCUT2D eigenvalue weighted by atomic mass is 9.84. The lowest BCUT2D eigenvalue weighted by Crippen LogP contribution is -2.53. The van der Waals surface area contributed by atoms with E-state index in [4.69, 9.17) is 11.6 Å². The van der Waals surface area contributed by atoms with E-state index in [0.717, 1.165) is 24.2 Å². The van der Waals surface area contributed by atoms with Gasteiger partial charge in [-0.15, -0.1) is 0 Å². The molecule has 0 unspecified atom stereocenters. The third-order valence-electron chi connectivity index (χ3n) is 4.87. The van der Waals surface area contributed by atoms with E-state index in [0.29, 0.717) is 11.0 Å². The number of nitrogens with one attached hydrogen (secondary N) is 1. The van der Waals surface area contributed by atoms with Crippen LogP contribution in [0.2, 0.25) is 5.02 Å². The minimum absolute atomic E-state index is 0.127. The van der Waals surface area contributed by atoms with E-state index in [1.165, 1.54) is 0 Å². The molecule has 1 fully saturated rings. The minimum atomic E-state index is -0.513. The fourth-order valence-electron chi connectivity index (χ4n) is 3.41. The second-order valence-electron chi connectivity index (χ2n) is 6.87. The molecule has 1 N–H and O–H groups in total. The van der Waals surface area contributed by atoms with Crippen molar-refractivity contribution in [1.82, 2.24) is 15.0 Å². The number of rotatable bonds is 3. The predicted octanol–water partition coefficient (Wildman–Crippen LogP) is 2.79. The highest BCUT2D eigenvalue weighted by Gasteiger charge is 2.50. The van der Waals surface area contributed by atoms with Gasteiger partial charge in [-0.05, 0) is 32.8 Å². The van der Waals surface area contributed by atoms with E-state index < -0.39 is 5.41 Å². The molecule has 2 aliphatic rings. The smallest absolute Gasteiger partial charge is 0.238 e. The zero-order valence-corrected chi connectivity index (χ0v) is 14.3. The number of fused-ring (bicyclic) bond motifs is 1. The van der Waals surface area contributed by atoms with Crippen LogP contribution in [0.25, 0.3) is 0 Å². The Morgan fingerprint density at radius 3 is 2.67 bits per heavy atom. The van der Waals surface area contributed by atoms with Crippen LogP contribution in [0.4, 0.5) is 11.8 Å². The van der Waals surface area contributed by atoms with Crippen molar-refractivity contribution in [1.29, 1.82) is 0 Å². The molecule has 6 nitrogen and oxygen atoms in total. The van der Waals surface area contributed by atoms with E-state index in [2.05, 4.69) is 20.3 Å². The van der Waals surface area contributed by atoms with Crippen molar-refractivity contribution in [3.8, 4) is 0 Å². The van der Waals surface area contributed by atoms with Crippen LogP contribution in [0.15, 0.2) is 30.7 Å². The van der Waals surface area contributed by atoms with Gasteiger partial charge in [-0.3, -0.25) is 9.69 Å². The molecule has 2 aromatic heterocycles. The Morgan fingerprint density at radius 1 is 1.25 bits per heavy atom. The summed E-state index contributed by atoms with van der Waals surface area (Å²) in [6.07, 6.45) is 6.59. The summed E-state index contributed by atoms with van der Waals surface area (Å²) in [5, 5.41) is 3.79. The second kappa shape index (κ2) is 5.41. The predicted molar refractivity (Wildman–Crippen MR) is 92.2 cm³/mol. The first-order valence-electron chi connectivity index (χ1n) is 8.00. The summed E-state index contributed by atoms with van der Waals surface area (Å²) in [5.74, 6) is 1.50. The van der Waals surface area contributed by atoms with Gasteiger partial charge >= 0.3 is 0 Å². The van der Waals surface area contributed by atoms with Gasteiger partial charge in [0.1, 0.15) is 5.82 Å². The lowest BCUT2D eigenvalue weighted by Gasteiger charge is -2.41. The molecule has 2 aromatic rings. The standard InChI is InChI=1S/C17H18ClN5O/c1-17(2)13-4-3-5-19-14(13)23(15(17)24)12-6-11(7-12)22-16-20-8-10(18)9-21-16/h3-5,8-9,11-12H,6-7H2,1-2H3,(H,20,21,22). The Balaban J connectivity index is 1.47. The molecule has 1 aliphatic carbocycles. The van der Waals surface area contributed by atoms with Gasteiger partial charge in [0, 0.05) is 23.8 Å². The summed E-state index contributed by atoms with van der Waals surface area (Å²) < 4.78 is 0. The zero-order valence-electron chi connectivity index (χ0n) is 13.5. The Bertz CT molecular complexity index is 786. The van der Waals surface area contributed by atoms with Crippen molar-refractivity contribution in [3.63, 3.8) is 0 Å². The topological polar surface area (TPSA) is 71.0 Å². The first kappa shape index (κ1) is 15.3. The SMILES string of the molecule is CC1(C)C(=O)N(C2CC(Nc3ncc(Cl)cn3)C2)c2ncccc21. The number of pyridine rings is 1. The Morgan fingerprint density at radius 2 is 1.96 bits per heavy atom. The molecular formula is C17H18ClN5O. The molecule has 0 atom stereocenters. The molecule has 4 rings (SSSR count). The van der Waals surface area contributed by atoms with E-state index in [-0.39, 0.29) is 18.0 Å². The fraction of sp³-hybridized carbons (Fsp3) is 0.412. The van der Waals surface area contributed by atoms with Crippen molar-refractivity contribution >= 4 is 29.3 Å². The van der Waals surface area contributed by atoms with Crippen LogP contribution in [0.1, 0.15) is 32.3 Å². The molecule has 7 heteroatoms. The quantitative estimate of drug-likeness (QED) is 0.927. The molecule has 0 aromatic carbocycles. The van der Waals surface area contributed by atoms with E-state index >= 15 is 0 Å². The maximum absolute atomic E-state index is 12.8. The molecule has 1 saturated carbocycles. The van der Waals surface area contributed by atoms with E-state index in [9.17, 15) is 4.79 Å². The van der Waals surface area contributed by atoms with Gasteiger partial charge < -0.3 is 5.32 Å². The highest BCUT2D eigenvalue weighted by molar-refractivity contribution is 6.30. The van der Waals surface area contributed by atoms with Gasteiger partial charge in [0.2, 0.25) is 11.9 Å². The number of amides is 1. The van der Waals surface area contributed by atoms with Crippen molar-refractivity contribution in [2.45, 2.75) is 44.2 Å². The van der Waals surface area contributed by atoms with Crippen molar-refractivity contribution in [2.24, 2.45) is 0 Å². The Labute approximate surface area is 145 Å². The van der Waals surface area contributed by atoms with Crippen LogP contribution in [0.5, 0.6) is 0 Å². The fourth-order valence-corrected chi connectivity index (χ4v) is 3.51. The van der Waals surface area contributed by atoms with Gasteiger partial charge in [-0.2, -0.15) is 0 Å². The van der Waals surface area contributed by atoms with Crippen molar-refractivity contribution in [2.75, 3.05) is 10.2 Å². The third-order valence-corrected chi connectivity index (χ3v) is 5.07. The number of hydrogen-bond donors (Lipinski definition) is 1. The average Bonchev–Trinajstić information content (AvgIpc) is 2.73. The minimum Gasteiger partial charge on any atom is -0.351 e. The molecule has 3 heterocycles. The third kappa shape index (κ3) is 2.33. The van der Waals surface area contributed by atoms with Crippen LogP contribution in [0.3, 0.4) is 0 Å². The van der Waals surface area contributed by atoms with Crippen LogP contribution in [-0.4, -0.2) is 32.9 Å². The maximum atomic E-state index is 12.8. The Kier molecular flexibility index (Phi) is 3.46. The summed E-state index contributed by atoms with van der Waals surface area (Å²) >= 11 is 5.79. The zero-order chi connectivity index (χ0) is 16.9. The van der Waals surface area contributed by atoms with Crippen LogP contribution < -0.4 is 10.2 Å². The maximum Gasteiger partial charge on any atom is 0.238 e. The number of aromatic nitrogens is 3. The normalized spacial score (nSPS) is 24.5. The molecule has 0 saturated heterocycles. The average molecular weight is 344 g/mol. The monoisotopic (exact) mass is 343 g/mol. The van der Waals surface area contributed by atoms with Gasteiger partial charge in [-0.25, -0.2) is 15.0 Å². The highest BCUT2D eigenvalue weighted by Crippen LogP contribution is 2.44. The van der Waals surface area contributed by atoms with Crippen LogP contribution in [-0.2, 0) is 10.2 Å². The molecular weight excluding hydrogens is 326 g/mol. The summed E-state index contributed by atoms with van der Waals surface area (Å²) in [7, 11) is 0. The van der Waals surface area contributed by atoms with Gasteiger partial charge in [0.15, 0.2) is 0 Å². The number of hydrogen-bond acceptors (Lipinski definition) is 5. The molecule has 124 valence electrons. The van der Waals surface area contributed by atoms with Gasteiger partial charge in [0.05, 0.1) is 22.8 Å². The van der Waals surface area contributed by atoms with Gasteiger partial charge in [-0.1, -0.05) is 17.7 Å². The van der Waals surface area contributed by atoms with Crippen LogP contribution >= 0.6 is 11.6 Å². The van der Waals surface area contributed by atoms with Crippen molar-refractivity contribution in [3.05, 3.63) is 41.3 Å². The van der Waals surface area contributed by atoms with Crippen molar-refractivity contribution < 1.29 is 4.79 Å². The van der Waals surface area contributed by atoms with E-state index in [1.807, 2.05) is 30.9 Å². The van der Waals surface area contributed by atoms with E-state index in [1.54, 1.807) is 18.6 Å². The summed E-state index contributed by atoms with van der Waals surface area (Å²) in [5.41, 5.74) is 0.494. The molecule has 0 bridgehead atoms. The molecule has 1 aliphatic heterocycles. The largest absolute Gasteiger partial charge is 0.351 e. The Hall–Kier alpha value is -2.21. The first-order valence-corrected chi connectivity index (χ1v) is 8.38. The van der Waals surface area contributed by atoms with Crippen LogP contribution in [0, 0.1) is 0 Å². The number of anilines is 2. The first-order chi connectivity index (χ1) is 11.5. The number of carbonyl (C=O) groups excluding carboxylic acids is 1. The molecule has 24 heavy (non-hydrogen) atoms. The number of halogens is 1. The summed E-state index contributed by atoms with van der Waals surface area (Å²) in [6.45, 7) is 3.93. The second-order valence-corrected chi connectivity index (χ2v) is 7.30. The molecule has 1 amide bonds. The van der Waals surface area contributed by atoms with Gasteiger partial charge in [0.25, 0.3) is 0 Å². The number of carbonyl (C=O) groups is 1. The summed E-state index contributed by atoms with van der Waals surface area (Å²) in [4.78, 5) is 27.5. The number of nitrogens with zero attached hydrogens (tertiary/aromatic N) is 4. The lowest BCUT2D eigenvalue weighted by molar-refractivity contribution is -0.122. The molecule has 0 spiro atoms.